The molecule has 12 nitrogen and oxygen atoms in total. The van der Waals surface area contributed by atoms with Gasteiger partial charge in [0, 0.05) is 6.54 Å². The van der Waals surface area contributed by atoms with Crippen LogP contribution in [0.4, 0.5) is 4.79 Å². The van der Waals surface area contributed by atoms with Crippen LogP contribution in [-0.4, -0.2) is 59.6 Å². The van der Waals surface area contributed by atoms with E-state index in [1.54, 1.807) is 26.0 Å². The van der Waals surface area contributed by atoms with Crippen LogP contribution in [0.2, 0.25) is 0 Å². The van der Waals surface area contributed by atoms with Crippen molar-refractivity contribution in [2.75, 3.05) is 6.54 Å². The van der Waals surface area contributed by atoms with Gasteiger partial charge in [0.2, 0.25) is 11.8 Å². The summed E-state index contributed by atoms with van der Waals surface area (Å²) in [4.78, 5) is 52.5. The van der Waals surface area contributed by atoms with Gasteiger partial charge in [-0.3, -0.25) is 14.6 Å². The van der Waals surface area contributed by atoms with Gasteiger partial charge in [0.05, 0.1) is 0 Å². The number of alkyl carbamates (subject to hydrolysis) is 1. The van der Waals surface area contributed by atoms with Crippen molar-refractivity contribution < 1.29 is 29.0 Å². The van der Waals surface area contributed by atoms with Gasteiger partial charge in [-0.05, 0) is 31.2 Å². The molecule has 0 aromatic heterocycles. The number of guanidine groups is 1. The Morgan fingerprint density at radius 2 is 1.65 bits per heavy atom. The highest BCUT2D eigenvalue weighted by Crippen LogP contribution is 2.06. The van der Waals surface area contributed by atoms with Gasteiger partial charge < -0.3 is 37.3 Å². The number of ether oxygens (including phenoxy) is 1. The molecule has 0 aliphatic carbocycles. The molecule has 34 heavy (non-hydrogen) atoms. The lowest BCUT2D eigenvalue weighted by atomic mass is 10.0. The van der Waals surface area contributed by atoms with Crippen LogP contribution in [-0.2, 0) is 25.7 Å². The molecule has 0 unspecified atom stereocenters. The van der Waals surface area contributed by atoms with Crippen LogP contribution < -0.4 is 27.4 Å². The molecule has 0 saturated heterocycles. The minimum atomic E-state index is -1.22. The number of aliphatic imine (C=N–C) groups is 1. The Labute approximate surface area is 198 Å². The number of aliphatic carboxylic acids is 1. The molecule has 0 heterocycles. The zero-order valence-electron chi connectivity index (χ0n) is 19.6. The van der Waals surface area contributed by atoms with E-state index in [2.05, 4.69) is 20.9 Å². The molecule has 0 fully saturated rings. The SMILES string of the molecule is CC(C)[C@H](NC(=O)OCc1ccccc1)C(=O)N[C@@H](C)C(=O)N[C@@H](CCCN=C(N)N)C(=O)O. The van der Waals surface area contributed by atoms with E-state index in [0.717, 1.165) is 5.56 Å². The number of carboxylic acids is 1. The summed E-state index contributed by atoms with van der Waals surface area (Å²) in [6.45, 7) is 5.12. The van der Waals surface area contributed by atoms with Gasteiger partial charge in [-0.25, -0.2) is 9.59 Å². The van der Waals surface area contributed by atoms with E-state index in [9.17, 15) is 24.3 Å². The third-order valence-corrected chi connectivity index (χ3v) is 4.75. The van der Waals surface area contributed by atoms with Gasteiger partial charge in [0.15, 0.2) is 5.96 Å². The van der Waals surface area contributed by atoms with Crippen molar-refractivity contribution in [3.05, 3.63) is 35.9 Å². The lowest BCUT2D eigenvalue weighted by Gasteiger charge is -2.24. The minimum absolute atomic E-state index is 0.0394. The van der Waals surface area contributed by atoms with Crippen molar-refractivity contribution in [2.45, 2.75) is 58.3 Å². The Hall–Kier alpha value is -3.83. The van der Waals surface area contributed by atoms with Gasteiger partial charge in [-0.15, -0.1) is 0 Å². The van der Waals surface area contributed by atoms with Crippen molar-refractivity contribution in [3.8, 4) is 0 Å². The maximum Gasteiger partial charge on any atom is 0.408 e. The summed E-state index contributed by atoms with van der Waals surface area (Å²) in [5, 5.41) is 16.7. The molecule has 0 bridgehead atoms. The zero-order chi connectivity index (χ0) is 25.7. The summed E-state index contributed by atoms with van der Waals surface area (Å²) < 4.78 is 5.15. The third-order valence-electron chi connectivity index (χ3n) is 4.75. The van der Waals surface area contributed by atoms with Crippen LogP contribution in [0.3, 0.4) is 0 Å². The van der Waals surface area contributed by atoms with Gasteiger partial charge in [-0.1, -0.05) is 44.2 Å². The second-order valence-corrected chi connectivity index (χ2v) is 8.01. The van der Waals surface area contributed by atoms with Crippen molar-refractivity contribution in [2.24, 2.45) is 22.4 Å². The van der Waals surface area contributed by atoms with Crippen LogP contribution in [0.1, 0.15) is 39.2 Å². The van der Waals surface area contributed by atoms with Crippen molar-refractivity contribution in [1.29, 1.82) is 0 Å². The Morgan fingerprint density at radius 3 is 2.21 bits per heavy atom. The van der Waals surface area contributed by atoms with Crippen LogP contribution in [0.15, 0.2) is 35.3 Å². The maximum atomic E-state index is 12.7. The quantitative estimate of drug-likeness (QED) is 0.130. The van der Waals surface area contributed by atoms with Gasteiger partial charge in [0.25, 0.3) is 0 Å². The van der Waals surface area contributed by atoms with E-state index in [1.165, 1.54) is 6.92 Å². The Bertz CT molecular complexity index is 857. The maximum absolute atomic E-state index is 12.7. The topological polar surface area (TPSA) is 198 Å². The van der Waals surface area contributed by atoms with Crippen LogP contribution in [0.5, 0.6) is 0 Å². The van der Waals surface area contributed by atoms with E-state index in [4.69, 9.17) is 16.2 Å². The number of hydrogen-bond acceptors (Lipinski definition) is 6. The smallest absolute Gasteiger partial charge is 0.408 e. The second kappa shape index (κ2) is 14.3. The fourth-order valence-corrected chi connectivity index (χ4v) is 2.85. The number of rotatable bonds is 13. The fourth-order valence-electron chi connectivity index (χ4n) is 2.85. The molecule has 8 N–H and O–H groups in total. The number of carboxylic acid groups (broad SMARTS) is 1. The van der Waals surface area contributed by atoms with Crippen LogP contribution in [0.25, 0.3) is 0 Å². The first-order valence-corrected chi connectivity index (χ1v) is 10.9. The van der Waals surface area contributed by atoms with Crippen molar-refractivity contribution in [1.82, 2.24) is 16.0 Å². The van der Waals surface area contributed by atoms with E-state index in [1.807, 2.05) is 18.2 Å². The first-order valence-electron chi connectivity index (χ1n) is 10.9. The molecule has 3 atom stereocenters. The molecular formula is C22H34N6O6. The molecule has 1 aromatic carbocycles. The molecule has 0 spiro atoms. The average molecular weight is 479 g/mol. The van der Waals surface area contributed by atoms with E-state index >= 15 is 0 Å². The van der Waals surface area contributed by atoms with Gasteiger partial charge in [-0.2, -0.15) is 0 Å². The first kappa shape index (κ1) is 28.2. The molecule has 1 aromatic rings. The zero-order valence-corrected chi connectivity index (χ0v) is 19.6. The molecule has 0 radical (unpaired) electrons. The third kappa shape index (κ3) is 10.7. The number of nitrogens with two attached hydrogens (primary N) is 2. The normalized spacial score (nSPS) is 13.2. The molecule has 3 amide bonds. The van der Waals surface area contributed by atoms with Crippen LogP contribution >= 0.6 is 0 Å². The molecule has 0 aliphatic heterocycles. The largest absolute Gasteiger partial charge is 0.480 e. The summed E-state index contributed by atoms with van der Waals surface area (Å²) in [7, 11) is 0. The summed E-state index contributed by atoms with van der Waals surface area (Å²) in [6, 6.07) is 5.87. The van der Waals surface area contributed by atoms with E-state index in [0.29, 0.717) is 6.42 Å². The highest BCUT2D eigenvalue weighted by molar-refractivity contribution is 5.92. The Balaban J connectivity index is 2.61. The predicted octanol–water partition coefficient (Wildman–Crippen LogP) is 0.0651. The second-order valence-electron chi connectivity index (χ2n) is 8.01. The van der Waals surface area contributed by atoms with E-state index < -0.39 is 42.0 Å². The number of carbonyl (C=O) groups is 4. The Morgan fingerprint density at radius 1 is 1.00 bits per heavy atom. The summed E-state index contributed by atoms with van der Waals surface area (Å²) >= 11 is 0. The molecule has 1 rings (SSSR count). The molecule has 0 saturated carbocycles. The highest BCUT2D eigenvalue weighted by atomic mass is 16.5. The average Bonchev–Trinajstić information content (AvgIpc) is 2.77. The highest BCUT2D eigenvalue weighted by Gasteiger charge is 2.29. The molecule has 0 aliphatic rings. The number of hydrogen-bond donors (Lipinski definition) is 6. The first-order chi connectivity index (χ1) is 16.0. The number of benzene rings is 1. The van der Waals surface area contributed by atoms with Crippen LogP contribution in [0, 0.1) is 5.92 Å². The fraction of sp³-hybridized carbons (Fsp3) is 0.500. The number of nitrogens with one attached hydrogen (secondary N) is 3. The Kier molecular flexibility index (Phi) is 11.9. The molecule has 12 heteroatoms. The summed E-state index contributed by atoms with van der Waals surface area (Å²) in [5.74, 6) is -2.92. The number of carbonyl (C=O) groups excluding carboxylic acids is 3. The van der Waals surface area contributed by atoms with Gasteiger partial charge in [0.1, 0.15) is 24.7 Å². The number of amides is 3. The van der Waals surface area contributed by atoms with Gasteiger partial charge >= 0.3 is 12.1 Å². The summed E-state index contributed by atoms with van der Waals surface area (Å²) in [5.41, 5.74) is 11.2. The number of nitrogens with zero attached hydrogens (tertiary/aromatic N) is 1. The molecule has 188 valence electrons. The monoisotopic (exact) mass is 478 g/mol. The standard InChI is InChI=1S/C22H34N6O6/c1-13(2)17(28-22(33)34-12-15-8-5-4-6-9-15)19(30)26-14(3)18(29)27-16(20(31)32)10-7-11-25-21(23)24/h4-6,8-9,13-14,16-17H,7,10-12H2,1-3H3,(H,26,30)(H,27,29)(H,28,33)(H,31,32)(H4,23,24,25)/t14-,16-,17-/m0/s1. The summed E-state index contributed by atoms with van der Waals surface area (Å²) in [6.07, 6.45) is -0.344. The van der Waals surface area contributed by atoms with Crippen molar-refractivity contribution in [3.63, 3.8) is 0 Å². The van der Waals surface area contributed by atoms with Crippen molar-refractivity contribution >= 4 is 29.8 Å². The van der Waals surface area contributed by atoms with E-state index in [-0.39, 0.29) is 31.4 Å². The minimum Gasteiger partial charge on any atom is -0.480 e. The lowest BCUT2D eigenvalue weighted by molar-refractivity contribution is -0.142. The predicted molar refractivity (Wildman–Crippen MR) is 125 cm³/mol. The lowest BCUT2D eigenvalue weighted by Crippen LogP contribution is -2.56. The molecular weight excluding hydrogens is 444 g/mol.